The van der Waals surface area contributed by atoms with E-state index in [9.17, 15) is 26.7 Å². The molecule has 1 aromatic heterocycles. The molecule has 0 aliphatic heterocycles. The van der Waals surface area contributed by atoms with E-state index in [1.54, 1.807) is 0 Å². The Kier molecular flexibility index (Phi) is 4.87. The first-order valence-electron chi connectivity index (χ1n) is 4.55. The number of aromatic nitrogens is 1. The molecule has 0 aliphatic rings. The summed E-state index contributed by atoms with van der Waals surface area (Å²) in [5.41, 5.74) is -1.18. The van der Waals surface area contributed by atoms with Gasteiger partial charge in [0.25, 0.3) is 6.43 Å². The van der Waals surface area contributed by atoms with Crippen LogP contribution in [0.25, 0.3) is 0 Å². The fourth-order valence-corrected chi connectivity index (χ4v) is 2.08. The number of aliphatic carboxylic acids is 1. The van der Waals surface area contributed by atoms with E-state index in [4.69, 9.17) is 5.11 Å². The average molecular weight is 397 g/mol. The van der Waals surface area contributed by atoms with Crippen LogP contribution in [-0.2, 0) is 11.2 Å². The third kappa shape index (κ3) is 4.76. The summed E-state index contributed by atoms with van der Waals surface area (Å²) < 4.78 is 64.5. The van der Waals surface area contributed by atoms with Gasteiger partial charge in [0.2, 0.25) is 5.88 Å². The van der Waals surface area contributed by atoms with Crippen LogP contribution in [0, 0.1) is 3.70 Å². The number of carboxylic acid groups (broad SMARTS) is 1. The molecule has 1 heterocycles. The van der Waals surface area contributed by atoms with Crippen LogP contribution in [0.1, 0.15) is 17.6 Å². The molecule has 0 atom stereocenters. The first-order chi connectivity index (χ1) is 8.60. The molecule has 0 unspecified atom stereocenters. The molecule has 0 amide bonds. The summed E-state index contributed by atoms with van der Waals surface area (Å²) in [7, 11) is 0. The van der Waals surface area contributed by atoms with E-state index >= 15 is 0 Å². The molecule has 0 saturated heterocycles. The molecule has 0 radical (unpaired) electrons. The number of pyridine rings is 1. The molecule has 106 valence electrons. The third-order valence-corrected chi connectivity index (χ3v) is 2.68. The molecule has 4 nitrogen and oxygen atoms in total. The Bertz CT molecular complexity index is 491. The molecule has 1 aromatic rings. The van der Waals surface area contributed by atoms with Crippen LogP contribution >= 0.6 is 22.6 Å². The highest BCUT2D eigenvalue weighted by Gasteiger charge is 2.33. The number of halogens is 6. The number of carbonyl (C=O) groups is 1. The van der Waals surface area contributed by atoms with Crippen molar-refractivity contribution in [2.75, 3.05) is 0 Å². The highest BCUT2D eigenvalue weighted by Crippen LogP contribution is 2.31. The van der Waals surface area contributed by atoms with Crippen molar-refractivity contribution in [1.29, 1.82) is 0 Å². The topological polar surface area (TPSA) is 59.4 Å². The van der Waals surface area contributed by atoms with Crippen LogP contribution < -0.4 is 4.74 Å². The Hall–Kier alpha value is -1.20. The molecule has 19 heavy (non-hydrogen) atoms. The van der Waals surface area contributed by atoms with E-state index < -0.39 is 45.9 Å². The summed E-state index contributed by atoms with van der Waals surface area (Å²) in [6.45, 7) is 0. The second-order valence-corrected chi connectivity index (χ2v) is 4.26. The smallest absolute Gasteiger partial charge is 0.481 e. The number of alkyl halides is 5. The molecule has 0 saturated carbocycles. The van der Waals surface area contributed by atoms with E-state index in [0.717, 1.165) is 0 Å². The predicted octanol–water partition coefficient (Wildman–Crippen LogP) is 3.15. The van der Waals surface area contributed by atoms with Crippen molar-refractivity contribution < 1.29 is 36.6 Å². The summed E-state index contributed by atoms with van der Waals surface area (Å²) >= 11 is 1.29. The molecule has 0 spiro atoms. The van der Waals surface area contributed by atoms with Crippen LogP contribution in [0.15, 0.2) is 6.07 Å². The zero-order chi connectivity index (χ0) is 14.8. The van der Waals surface area contributed by atoms with Crippen molar-refractivity contribution >= 4 is 28.6 Å². The largest absolute Gasteiger partial charge is 0.574 e. The van der Waals surface area contributed by atoms with E-state index in [0.29, 0.717) is 6.07 Å². The quantitative estimate of drug-likeness (QED) is 0.482. The normalized spacial score (nSPS) is 11.7. The minimum atomic E-state index is -5.04. The molecule has 0 bridgehead atoms. The lowest BCUT2D eigenvalue weighted by molar-refractivity contribution is -0.276. The zero-order valence-electron chi connectivity index (χ0n) is 8.84. The Balaban J connectivity index is 3.26. The lowest BCUT2D eigenvalue weighted by atomic mass is 10.1. The maximum Gasteiger partial charge on any atom is 0.574 e. The molecule has 0 aromatic carbocycles. The van der Waals surface area contributed by atoms with E-state index in [-0.39, 0.29) is 0 Å². The van der Waals surface area contributed by atoms with Gasteiger partial charge in [-0.15, -0.1) is 13.2 Å². The van der Waals surface area contributed by atoms with Crippen LogP contribution in [-0.4, -0.2) is 22.4 Å². The summed E-state index contributed by atoms with van der Waals surface area (Å²) in [5.74, 6) is -2.43. The van der Waals surface area contributed by atoms with Crippen molar-refractivity contribution in [1.82, 2.24) is 4.98 Å². The van der Waals surface area contributed by atoms with Crippen molar-refractivity contribution in [2.45, 2.75) is 19.2 Å². The molecule has 0 fully saturated rings. The van der Waals surface area contributed by atoms with Gasteiger partial charge >= 0.3 is 12.3 Å². The molecular formula is C9H5F5INO3. The number of hydrogen-bond acceptors (Lipinski definition) is 3. The van der Waals surface area contributed by atoms with Crippen LogP contribution in [0.4, 0.5) is 22.0 Å². The second kappa shape index (κ2) is 5.84. The van der Waals surface area contributed by atoms with Crippen molar-refractivity contribution in [3.63, 3.8) is 0 Å². The Morgan fingerprint density at radius 2 is 2.05 bits per heavy atom. The molecule has 1 rings (SSSR count). The number of carboxylic acids is 1. The van der Waals surface area contributed by atoms with E-state index in [1.165, 1.54) is 22.6 Å². The van der Waals surface area contributed by atoms with Gasteiger partial charge in [-0.2, -0.15) is 0 Å². The predicted molar refractivity (Wildman–Crippen MR) is 59.9 cm³/mol. The molecule has 0 aliphatic carbocycles. The molecular weight excluding hydrogens is 392 g/mol. The number of hydrogen-bond donors (Lipinski definition) is 1. The standard InChI is InChI=1S/C9H5F5INO3/c10-7(11)6-3(2-5(17)18)1-4(16-8(6)15)19-9(12,13)14/h1,7H,2H2,(H,17,18). The van der Waals surface area contributed by atoms with Gasteiger partial charge in [0.1, 0.15) is 3.70 Å². The van der Waals surface area contributed by atoms with E-state index in [2.05, 4.69) is 9.72 Å². The van der Waals surface area contributed by atoms with Gasteiger partial charge in [-0.3, -0.25) is 4.79 Å². The number of rotatable bonds is 4. The van der Waals surface area contributed by atoms with Gasteiger partial charge in [0, 0.05) is 6.07 Å². The minimum absolute atomic E-state index is 0.439. The van der Waals surface area contributed by atoms with E-state index in [1.807, 2.05) is 0 Å². The SMILES string of the molecule is O=C(O)Cc1cc(OC(F)(F)F)nc(I)c1C(F)F. The maximum absolute atomic E-state index is 12.7. The first-order valence-corrected chi connectivity index (χ1v) is 5.63. The molecule has 10 heteroatoms. The second-order valence-electron chi connectivity index (χ2n) is 3.24. The zero-order valence-corrected chi connectivity index (χ0v) is 11.0. The third-order valence-electron chi connectivity index (χ3n) is 1.85. The lowest BCUT2D eigenvalue weighted by Gasteiger charge is -2.13. The lowest BCUT2D eigenvalue weighted by Crippen LogP contribution is -2.19. The summed E-state index contributed by atoms with van der Waals surface area (Å²) in [4.78, 5) is 13.7. The number of ether oxygens (including phenoxy) is 1. The average Bonchev–Trinajstić information content (AvgIpc) is 2.10. The van der Waals surface area contributed by atoms with Crippen LogP contribution in [0.2, 0.25) is 0 Å². The summed E-state index contributed by atoms with van der Waals surface area (Å²) in [6, 6.07) is 0.547. The maximum atomic E-state index is 12.7. The van der Waals surface area contributed by atoms with Gasteiger partial charge in [0.05, 0.1) is 12.0 Å². The Labute approximate surface area is 116 Å². The van der Waals surface area contributed by atoms with Gasteiger partial charge in [0.15, 0.2) is 0 Å². The summed E-state index contributed by atoms with van der Waals surface area (Å²) in [6.07, 6.45) is -8.94. The van der Waals surface area contributed by atoms with Gasteiger partial charge in [-0.05, 0) is 28.2 Å². The van der Waals surface area contributed by atoms with Crippen molar-refractivity contribution in [3.8, 4) is 5.88 Å². The number of nitrogens with zero attached hydrogens (tertiary/aromatic N) is 1. The van der Waals surface area contributed by atoms with Crippen molar-refractivity contribution in [2.24, 2.45) is 0 Å². The fourth-order valence-electron chi connectivity index (χ4n) is 1.26. The van der Waals surface area contributed by atoms with Crippen molar-refractivity contribution in [3.05, 3.63) is 20.9 Å². The van der Waals surface area contributed by atoms with Crippen LogP contribution in [0.5, 0.6) is 5.88 Å². The highest BCUT2D eigenvalue weighted by molar-refractivity contribution is 14.1. The molecule has 1 N–H and O–H groups in total. The van der Waals surface area contributed by atoms with Gasteiger partial charge in [-0.25, -0.2) is 13.8 Å². The van der Waals surface area contributed by atoms with Gasteiger partial charge < -0.3 is 9.84 Å². The Morgan fingerprint density at radius 1 is 1.47 bits per heavy atom. The highest BCUT2D eigenvalue weighted by atomic mass is 127. The fraction of sp³-hybridized carbons (Fsp3) is 0.333. The monoisotopic (exact) mass is 397 g/mol. The first kappa shape index (κ1) is 15.9. The minimum Gasteiger partial charge on any atom is -0.481 e. The Morgan fingerprint density at radius 3 is 2.47 bits per heavy atom. The summed E-state index contributed by atoms with van der Waals surface area (Å²) in [5, 5.41) is 8.56. The van der Waals surface area contributed by atoms with Crippen LogP contribution in [0.3, 0.4) is 0 Å². The van der Waals surface area contributed by atoms with Gasteiger partial charge in [-0.1, -0.05) is 0 Å².